The second-order valence-corrected chi connectivity index (χ2v) is 8.16. The first kappa shape index (κ1) is 24.0. The summed E-state index contributed by atoms with van der Waals surface area (Å²) in [7, 11) is 0. The van der Waals surface area contributed by atoms with E-state index in [2.05, 4.69) is 4.98 Å². The van der Waals surface area contributed by atoms with E-state index in [9.17, 15) is 9.59 Å². The minimum atomic E-state index is -0.616. The average molecular weight is 465 g/mol. The van der Waals surface area contributed by atoms with E-state index in [-0.39, 0.29) is 36.8 Å². The Labute approximate surface area is 192 Å². The lowest BCUT2D eigenvalue weighted by molar-refractivity contribution is -0.121. The molecule has 0 aliphatic carbocycles. The van der Waals surface area contributed by atoms with Gasteiger partial charge in [0, 0.05) is 13.2 Å². The summed E-state index contributed by atoms with van der Waals surface area (Å²) < 4.78 is 39.7. The van der Waals surface area contributed by atoms with Gasteiger partial charge in [-0.15, -0.1) is 0 Å². The molecule has 10 heteroatoms. The Morgan fingerprint density at radius 1 is 0.636 bits per heavy atom. The standard InChI is InChI=1S/C23H31NO9/c25-22-16-4-1-5-17(24-16)23(26)33-19-7-3-9-31-21(19)15-29-13-11-27-10-12-28-14-20-18(32-22)6-2-8-30-20/h1,4-5,18-21H,2-3,6-15H2/t18-,19-,20+,21+/m0/s1. The first-order valence-electron chi connectivity index (χ1n) is 11.6. The number of hydrogen-bond donors (Lipinski definition) is 0. The van der Waals surface area contributed by atoms with Crippen LogP contribution >= 0.6 is 0 Å². The Morgan fingerprint density at radius 2 is 1.12 bits per heavy atom. The summed E-state index contributed by atoms with van der Waals surface area (Å²) in [4.78, 5) is 29.7. The molecule has 2 bridgehead atoms. The maximum absolute atomic E-state index is 12.8. The lowest BCUT2D eigenvalue weighted by Gasteiger charge is -2.31. The van der Waals surface area contributed by atoms with E-state index >= 15 is 0 Å². The lowest BCUT2D eigenvalue weighted by Crippen LogP contribution is -2.41. The number of aromatic nitrogens is 1. The molecule has 2 fully saturated rings. The van der Waals surface area contributed by atoms with Crippen LogP contribution in [-0.4, -0.2) is 94.2 Å². The van der Waals surface area contributed by atoms with Crippen LogP contribution in [0, 0.1) is 0 Å². The molecule has 1 aromatic rings. The van der Waals surface area contributed by atoms with Crippen molar-refractivity contribution < 1.29 is 42.7 Å². The number of rotatable bonds is 0. The molecule has 2 saturated heterocycles. The fraction of sp³-hybridized carbons (Fsp3) is 0.696. The summed E-state index contributed by atoms with van der Waals surface area (Å²) in [6.45, 7) is 3.37. The van der Waals surface area contributed by atoms with E-state index < -0.39 is 24.1 Å². The minimum Gasteiger partial charge on any atom is -0.455 e. The SMILES string of the molecule is O=C1O[C@H]2CCCO[C@@H]2COCCOCCOC[C@H]2OCCC[C@@H]2OC(=O)c2cccc1n2. The van der Waals surface area contributed by atoms with E-state index in [1.54, 1.807) is 6.07 Å². The molecule has 3 aliphatic heterocycles. The van der Waals surface area contributed by atoms with Crippen molar-refractivity contribution in [2.75, 3.05) is 52.9 Å². The number of hydrogen-bond acceptors (Lipinski definition) is 10. The van der Waals surface area contributed by atoms with E-state index in [0.717, 1.165) is 12.8 Å². The first-order valence-corrected chi connectivity index (χ1v) is 11.6. The Morgan fingerprint density at radius 3 is 1.64 bits per heavy atom. The van der Waals surface area contributed by atoms with Gasteiger partial charge in [0.1, 0.15) is 35.8 Å². The highest BCUT2D eigenvalue weighted by atomic mass is 16.6. The zero-order chi connectivity index (χ0) is 22.9. The van der Waals surface area contributed by atoms with Gasteiger partial charge >= 0.3 is 11.9 Å². The molecule has 0 amide bonds. The molecule has 10 nitrogen and oxygen atoms in total. The molecule has 4 heterocycles. The zero-order valence-electron chi connectivity index (χ0n) is 18.6. The van der Waals surface area contributed by atoms with Crippen molar-refractivity contribution in [3.63, 3.8) is 0 Å². The largest absolute Gasteiger partial charge is 0.455 e. The summed E-state index contributed by atoms with van der Waals surface area (Å²) in [5.41, 5.74) is 0.0783. The van der Waals surface area contributed by atoms with Crippen molar-refractivity contribution in [1.29, 1.82) is 0 Å². The molecule has 0 radical (unpaired) electrons. The smallest absolute Gasteiger partial charge is 0.357 e. The van der Waals surface area contributed by atoms with Gasteiger partial charge in [-0.1, -0.05) is 6.07 Å². The topological polar surface area (TPSA) is 112 Å². The summed E-state index contributed by atoms with van der Waals surface area (Å²) >= 11 is 0. The number of fused-ring (bicyclic) bond motifs is 4. The van der Waals surface area contributed by atoms with Crippen molar-refractivity contribution in [1.82, 2.24) is 4.98 Å². The second kappa shape index (κ2) is 12.4. The highest BCUT2D eigenvalue weighted by Crippen LogP contribution is 2.21. The summed E-state index contributed by atoms with van der Waals surface area (Å²) in [6.07, 6.45) is 1.24. The predicted molar refractivity (Wildman–Crippen MR) is 113 cm³/mol. The Hall–Kier alpha value is -2.11. The third-order valence-corrected chi connectivity index (χ3v) is 5.75. The monoisotopic (exact) mass is 465 g/mol. The van der Waals surface area contributed by atoms with Crippen molar-refractivity contribution >= 4 is 11.9 Å². The minimum absolute atomic E-state index is 0.0391. The molecular formula is C23H31NO9. The first-order chi connectivity index (χ1) is 16.2. The quantitative estimate of drug-likeness (QED) is 0.523. The third kappa shape index (κ3) is 6.94. The van der Waals surface area contributed by atoms with Crippen LogP contribution in [0.1, 0.15) is 46.7 Å². The van der Waals surface area contributed by atoms with Crippen LogP contribution in [0.25, 0.3) is 0 Å². The maximum Gasteiger partial charge on any atom is 0.357 e. The molecular weight excluding hydrogens is 434 g/mol. The van der Waals surface area contributed by atoms with Gasteiger partial charge in [0.25, 0.3) is 0 Å². The number of nitrogens with zero attached hydrogens (tertiary/aromatic N) is 1. The molecule has 0 saturated carbocycles. The Bertz CT molecular complexity index is 730. The molecule has 0 unspecified atom stereocenters. The van der Waals surface area contributed by atoms with Crippen LogP contribution in [0.15, 0.2) is 18.2 Å². The van der Waals surface area contributed by atoms with Gasteiger partial charge in [0.2, 0.25) is 0 Å². The van der Waals surface area contributed by atoms with Gasteiger partial charge in [-0.05, 0) is 37.8 Å². The fourth-order valence-corrected chi connectivity index (χ4v) is 4.00. The fourth-order valence-electron chi connectivity index (χ4n) is 4.00. The molecule has 182 valence electrons. The molecule has 33 heavy (non-hydrogen) atoms. The van der Waals surface area contributed by atoms with E-state index in [4.69, 9.17) is 33.2 Å². The average Bonchev–Trinajstić information content (AvgIpc) is 2.84. The van der Waals surface area contributed by atoms with Gasteiger partial charge in [-0.2, -0.15) is 0 Å². The molecule has 4 rings (SSSR count). The lowest BCUT2D eigenvalue weighted by atomic mass is 10.1. The number of pyridine rings is 1. The van der Waals surface area contributed by atoms with E-state index in [0.29, 0.717) is 52.5 Å². The number of ether oxygens (including phenoxy) is 7. The summed E-state index contributed by atoms with van der Waals surface area (Å²) in [5, 5.41) is 0. The molecule has 0 aromatic carbocycles. The van der Waals surface area contributed by atoms with Gasteiger partial charge in [0.05, 0.1) is 39.6 Å². The molecule has 0 N–H and O–H groups in total. The molecule has 1 aromatic heterocycles. The van der Waals surface area contributed by atoms with Crippen LogP contribution < -0.4 is 0 Å². The van der Waals surface area contributed by atoms with Crippen LogP contribution in [0.3, 0.4) is 0 Å². The van der Waals surface area contributed by atoms with E-state index in [1.165, 1.54) is 12.1 Å². The number of carbonyl (C=O) groups excluding carboxylic acids is 2. The van der Waals surface area contributed by atoms with Crippen molar-refractivity contribution in [3.8, 4) is 0 Å². The molecule has 4 atom stereocenters. The van der Waals surface area contributed by atoms with Gasteiger partial charge in [-0.3, -0.25) is 0 Å². The van der Waals surface area contributed by atoms with Crippen molar-refractivity contribution in [2.24, 2.45) is 0 Å². The Kier molecular flexibility index (Phi) is 9.01. The zero-order valence-corrected chi connectivity index (χ0v) is 18.6. The second-order valence-electron chi connectivity index (χ2n) is 8.16. The van der Waals surface area contributed by atoms with Crippen LogP contribution in [-0.2, 0) is 33.2 Å². The van der Waals surface area contributed by atoms with Crippen molar-refractivity contribution in [2.45, 2.75) is 50.1 Å². The highest BCUT2D eigenvalue weighted by molar-refractivity contribution is 5.91. The Balaban J connectivity index is 1.48. The third-order valence-electron chi connectivity index (χ3n) is 5.75. The van der Waals surface area contributed by atoms with Crippen molar-refractivity contribution in [3.05, 3.63) is 29.6 Å². The van der Waals surface area contributed by atoms with Crippen LogP contribution in [0.4, 0.5) is 0 Å². The number of carbonyl (C=O) groups is 2. The maximum atomic E-state index is 12.8. The van der Waals surface area contributed by atoms with Crippen LogP contribution in [0.5, 0.6) is 0 Å². The van der Waals surface area contributed by atoms with Gasteiger partial charge < -0.3 is 33.2 Å². The molecule has 3 aliphatic rings. The summed E-state index contributed by atoms with van der Waals surface area (Å²) in [5.74, 6) is -1.23. The van der Waals surface area contributed by atoms with Gasteiger partial charge in [-0.25, -0.2) is 14.6 Å². The van der Waals surface area contributed by atoms with Crippen LogP contribution in [0.2, 0.25) is 0 Å². The number of esters is 2. The predicted octanol–water partition coefficient (Wildman–Crippen LogP) is 1.55. The van der Waals surface area contributed by atoms with E-state index in [1.807, 2.05) is 0 Å². The summed E-state index contributed by atoms with van der Waals surface area (Å²) in [6, 6.07) is 4.61. The molecule has 0 spiro atoms. The highest BCUT2D eigenvalue weighted by Gasteiger charge is 2.32. The van der Waals surface area contributed by atoms with Gasteiger partial charge in [0.15, 0.2) is 0 Å². The normalized spacial score (nSPS) is 30.8.